The molecule has 0 saturated heterocycles. The summed E-state index contributed by atoms with van der Waals surface area (Å²) in [5, 5.41) is 15.4. The number of nitrogens with one attached hydrogen (secondary N) is 2. The predicted octanol–water partition coefficient (Wildman–Crippen LogP) is 2.48. The van der Waals surface area contributed by atoms with E-state index >= 15 is 0 Å². The van der Waals surface area contributed by atoms with Gasteiger partial charge in [-0.25, -0.2) is 0 Å². The van der Waals surface area contributed by atoms with E-state index in [0.717, 1.165) is 0 Å². The normalized spacial score (nSPS) is 19.3. The summed E-state index contributed by atoms with van der Waals surface area (Å²) in [4.78, 5) is 12.3. The summed E-state index contributed by atoms with van der Waals surface area (Å²) < 4.78 is 5.10. The number of rotatable bonds is 3. The van der Waals surface area contributed by atoms with Crippen molar-refractivity contribution >= 4 is 17.3 Å². The first kappa shape index (κ1) is 13.0. The third-order valence-electron chi connectivity index (χ3n) is 3.51. The van der Waals surface area contributed by atoms with Gasteiger partial charge in [0.25, 0.3) is 5.91 Å². The van der Waals surface area contributed by atoms with Crippen LogP contribution in [0.4, 0.5) is 11.4 Å². The quantitative estimate of drug-likeness (QED) is 0.905. The highest BCUT2D eigenvalue weighted by atomic mass is 16.5. The maximum atomic E-state index is 12.3. The lowest BCUT2D eigenvalue weighted by molar-refractivity contribution is -0.118. The van der Waals surface area contributed by atoms with E-state index in [1.807, 2.05) is 6.07 Å². The number of methoxy groups -OCH3 is 1. The van der Waals surface area contributed by atoms with Gasteiger partial charge in [0.1, 0.15) is 11.8 Å². The largest absolute Gasteiger partial charge is 0.497 e. The number of anilines is 2. The lowest BCUT2D eigenvalue weighted by Crippen LogP contribution is -2.40. The molecule has 2 N–H and O–H groups in total. The van der Waals surface area contributed by atoms with Crippen molar-refractivity contribution in [2.75, 3.05) is 17.7 Å². The molecule has 1 aliphatic heterocycles. The van der Waals surface area contributed by atoms with Crippen LogP contribution in [0, 0.1) is 11.3 Å². The molecule has 0 bridgehead atoms. The number of fused-ring (bicyclic) bond motifs is 1. The number of nitrogens with zero attached hydrogens (tertiary/aromatic N) is 1. The topological polar surface area (TPSA) is 74.1 Å². The van der Waals surface area contributed by atoms with Crippen molar-refractivity contribution < 1.29 is 9.53 Å². The molecule has 2 aromatic rings. The summed E-state index contributed by atoms with van der Waals surface area (Å²) in [6, 6.07) is 16.4. The van der Waals surface area contributed by atoms with Crippen LogP contribution < -0.4 is 15.4 Å². The Bertz CT molecular complexity index is 734. The molecule has 5 nitrogen and oxygen atoms in total. The Balaban J connectivity index is 2.01. The minimum atomic E-state index is -1.41. The molecule has 0 spiro atoms. The molecular weight excluding hydrogens is 266 g/mol. The van der Waals surface area contributed by atoms with E-state index < -0.39 is 5.54 Å². The fourth-order valence-corrected chi connectivity index (χ4v) is 2.41. The third-order valence-corrected chi connectivity index (χ3v) is 3.51. The summed E-state index contributed by atoms with van der Waals surface area (Å²) >= 11 is 0. The Labute approximate surface area is 122 Å². The van der Waals surface area contributed by atoms with E-state index in [1.165, 1.54) is 0 Å². The molecule has 104 valence electrons. The first-order valence-electron chi connectivity index (χ1n) is 6.44. The summed E-state index contributed by atoms with van der Waals surface area (Å²) in [6.07, 6.45) is 0. The highest BCUT2D eigenvalue weighted by molar-refractivity contribution is 6.09. The molecule has 21 heavy (non-hydrogen) atoms. The number of amides is 1. The summed E-state index contributed by atoms with van der Waals surface area (Å²) in [5.41, 5.74) is 0.549. The number of benzene rings is 2. The number of carbonyl (C=O) groups is 1. The van der Waals surface area contributed by atoms with Crippen molar-refractivity contribution in [3.63, 3.8) is 0 Å². The van der Waals surface area contributed by atoms with E-state index in [4.69, 9.17) is 4.74 Å². The van der Waals surface area contributed by atoms with Crippen molar-refractivity contribution in [2.45, 2.75) is 5.54 Å². The van der Waals surface area contributed by atoms with Crippen LogP contribution in [0.1, 0.15) is 5.56 Å². The number of para-hydroxylation sites is 1. The first-order chi connectivity index (χ1) is 10.2. The monoisotopic (exact) mass is 279 g/mol. The van der Waals surface area contributed by atoms with Crippen molar-refractivity contribution in [1.82, 2.24) is 0 Å². The molecule has 1 heterocycles. The smallest absolute Gasteiger partial charge is 0.269 e. The lowest BCUT2D eigenvalue weighted by Gasteiger charge is -2.22. The van der Waals surface area contributed by atoms with Gasteiger partial charge in [-0.3, -0.25) is 4.79 Å². The van der Waals surface area contributed by atoms with Crippen LogP contribution >= 0.6 is 0 Å². The van der Waals surface area contributed by atoms with Crippen LogP contribution in [0.15, 0.2) is 48.5 Å². The zero-order valence-electron chi connectivity index (χ0n) is 11.4. The number of hydrogen-bond donors (Lipinski definition) is 2. The molecule has 1 atom stereocenters. The van der Waals surface area contributed by atoms with E-state index in [9.17, 15) is 10.1 Å². The van der Waals surface area contributed by atoms with Gasteiger partial charge in [0.05, 0.1) is 7.11 Å². The van der Waals surface area contributed by atoms with E-state index in [2.05, 4.69) is 16.7 Å². The lowest BCUT2D eigenvalue weighted by atomic mass is 9.92. The van der Waals surface area contributed by atoms with Gasteiger partial charge < -0.3 is 15.4 Å². The van der Waals surface area contributed by atoms with Gasteiger partial charge in [-0.15, -0.1) is 0 Å². The van der Waals surface area contributed by atoms with Crippen LogP contribution in [0.2, 0.25) is 0 Å². The maximum Gasteiger partial charge on any atom is 0.269 e. The van der Waals surface area contributed by atoms with E-state index in [1.54, 1.807) is 49.6 Å². The molecule has 0 aromatic heterocycles. The molecule has 0 aliphatic carbocycles. The van der Waals surface area contributed by atoms with Crippen LogP contribution in [-0.2, 0) is 10.3 Å². The third kappa shape index (κ3) is 1.98. The Hall–Kier alpha value is -3.00. The fourth-order valence-electron chi connectivity index (χ4n) is 2.41. The minimum Gasteiger partial charge on any atom is -0.497 e. The molecule has 0 saturated carbocycles. The summed E-state index contributed by atoms with van der Waals surface area (Å²) in [6.45, 7) is 0. The number of hydrogen-bond acceptors (Lipinski definition) is 4. The molecule has 2 aromatic carbocycles. The van der Waals surface area contributed by atoms with Crippen molar-refractivity contribution in [3.05, 3.63) is 54.1 Å². The van der Waals surface area contributed by atoms with Crippen LogP contribution in [0.3, 0.4) is 0 Å². The van der Waals surface area contributed by atoms with Gasteiger partial charge in [-0.1, -0.05) is 18.2 Å². The minimum absolute atomic E-state index is 0.373. The fraction of sp³-hybridized carbons (Fsp3) is 0.125. The second-order valence-corrected chi connectivity index (χ2v) is 4.72. The van der Waals surface area contributed by atoms with Crippen LogP contribution in [0.5, 0.6) is 5.75 Å². The molecule has 0 radical (unpaired) electrons. The number of carbonyl (C=O) groups excluding carboxylic acids is 1. The SMILES string of the molecule is COc1ccc(N[C@]2(C#N)C(=O)Nc3ccccc32)cc1. The highest BCUT2D eigenvalue weighted by Crippen LogP contribution is 2.38. The summed E-state index contributed by atoms with van der Waals surface area (Å²) in [5.74, 6) is 0.338. The second kappa shape index (κ2) is 4.84. The summed E-state index contributed by atoms with van der Waals surface area (Å²) in [7, 11) is 1.58. The second-order valence-electron chi connectivity index (χ2n) is 4.72. The Kier molecular flexibility index (Phi) is 2.99. The molecule has 0 unspecified atom stereocenters. The van der Waals surface area contributed by atoms with Gasteiger partial charge in [0.2, 0.25) is 5.54 Å². The Morgan fingerprint density at radius 3 is 2.57 bits per heavy atom. The van der Waals surface area contributed by atoms with Crippen molar-refractivity contribution in [2.24, 2.45) is 0 Å². The van der Waals surface area contributed by atoms with Gasteiger partial charge >= 0.3 is 0 Å². The number of nitriles is 1. The van der Waals surface area contributed by atoms with Gasteiger partial charge in [0.15, 0.2) is 0 Å². The molecular formula is C16H13N3O2. The van der Waals surface area contributed by atoms with Crippen LogP contribution in [-0.4, -0.2) is 13.0 Å². The molecule has 3 rings (SSSR count). The highest BCUT2D eigenvalue weighted by Gasteiger charge is 2.47. The Morgan fingerprint density at radius 2 is 1.90 bits per heavy atom. The maximum absolute atomic E-state index is 12.3. The molecule has 1 amide bonds. The van der Waals surface area contributed by atoms with Crippen molar-refractivity contribution in [1.29, 1.82) is 5.26 Å². The average molecular weight is 279 g/mol. The van der Waals surface area contributed by atoms with E-state index in [-0.39, 0.29) is 5.91 Å². The molecule has 1 aliphatic rings. The predicted molar refractivity (Wildman–Crippen MR) is 79.0 cm³/mol. The first-order valence-corrected chi connectivity index (χ1v) is 6.44. The zero-order chi connectivity index (χ0) is 14.9. The average Bonchev–Trinajstić information content (AvgIpc) is 2.81. The van der Waals surface area contributed by atoms with E-state index in [0.29, 0.717) is 22.7 Å². The molecule has 0 fully saturated rings. The standard InChI is InChI=1S/C16H13N3O2/c1-21-12-8-6-11(7-9-12)19-16(10-17)13-4-2-3-5-14(13)18-15(16)20/h2-9,19H,1H3,(H,18,20)/t16-/m0/s1. The van der Waals surface area contributed by atoms with Gasteiger partial charge in [0, 0.05) is 16.9 Å². The Morgan fingerprint density at radius 1 is 1.19 bits per heavy atom. The number of ether oxygens (including phenoxy) is 1. The van der Waals surface area contributed by atoms with Crippen LogP contribution in [0.25, 0.3) is 0 Å². The zero-order valence-corrected chi connectivity index (χ0v) is 11.4. The molecule has 5 heteroatoms. The van der Waals surface area contributed by atoms with Crippen molar-refractivity contribution in [3.8, 4) is 11.8 Å². The van der Waals surface area contributed by atoms with Gasteiger partial charge in [-0.2, -0.15) is 5.26 Å². The van der Waals surface area contributed by atoms with Gasteiger partial charge in [-0.05, 0) is 30.3 Å².